The van der Waals surface area contributed by atoms with Gasteiger partial charge in [0.05, 0.1) is 17.3 Å². The second-order valence-electron chi connectivity index (χ2n) is 3.55. The third-order valence-electron chi connectivity index (χ3n) is 2.37. The molecule has 0 radical (unpaired) electrons. The number of hydrogen-bond donors (Lipinski definition) is 2. The summed E-state index contributed by atoms with van der Waals surface area (Å²) in [6.45, 7) is 0.592. The van der Waals surface area contributed by atoms with E-state index in [2.05, 4.69) is 15.6 Å². The van der Waals surface area contributed by atoms with Crippen molar-refractivity contribution < 1.29 is 4.79 Å². The minimum absolute atomic E-state index is 0.135. The molecule has 0 aliphatic carbocycles. The summed E-state index contributed by atoms with van der Waals surface area (Å²) < 4.78 is 0. The molecule has 0 unspecified atom stereocenters. The maximum absolute atomic E-state index is 11.5. The normalized spacial score (nSPS) is 10.1. The zero-order valence-corrected chi connectivity index (χ0v) is 11.3. The second-order valence-corrected chi connectivity index (χ2v) is 4.94. The predicted molar refractivity (Wildman–Crippen MR) is 74.3 cm³/mol. The predicted octanol–water partition coefficient (Wildman–Crippen LogP) is 2.77. The highest BCUT2D eigenvalue weighted by Crippen LogP contribution is 2.23. The summed E-state index contributed by atoms with van der Waals surface area (Å²) >= 11 is 7.64. The number of hydrogen-bond acceptors (Lipinski definition) is 4. The summed E-state index contributed by atoms with van der Waals surface area (Å²) in [5.41, 5.74) is 1.30. The van der Waals surface area contributed by atoms with Gasteiger partial charge in [-0.3, -0.25) is 4.79 Å². The molecule has 2 aromatic rings. The van der Waals surface area contributed by atoms with Gasteiger partial charge in [-0.2, -0.15) is 0 Å². The lowest BCUT2D eigenvalue weighted by molar-refractivity contribution is 0.0963. The molecule has 18 heavy (non-hydrogen) atoms. The lowest BCUT2D eigenvalue weighted by Crippen LogP contribution is -2.17. The van der Waals surface area contributed by atoms with E-state index in [1.807, 2.05) is 5.38 Å². The molecule has 0 fully saturated rings. The van der Waals surface area contributed by atoms with E-state index in [0.29, 0.717) is 17.1 Å². The van der Waals surface area contributed by atoms with Crippen molar-refractivity contribution in [1.82, 2.24) is 10.3 Å². The number of nitrogens with one attached hydrogen (secondary N) is 2. The van der Waals surface area contributed by atoms with Crippen molar-refractivity contribution in [3.63, 3.8) is 0 Å². The number of halogens is 1. The van der Waals surface area contributed by atoms with E-state index in [4.69, 9.17) is 11.6 Å². The Bertz CT molecular complexity index is 542. The molecule has 0 spiro atoms. The number of carbonyl (C=O) groups is 1. The number of benzene rings is 1. The Morgan fingerprint density at radius 1 is 1.50 bits per heavy atom. The van der Waals surface area contributed by atoms with Crippen molar-refractivity contribution in [1.29, 1.82) is 0 Å². The Morgan fingerprint density at radius 2 is 2.33 bits per heavy atom. The highest BCUT2D eigenvalue weighted by Gasteiger charge is 2.07. The van der Waals surface area contributed by atoms with Gasteiger partial charge in [0, 0.05) is 24.2 Å². The molecule has 2 rings (SSSR count). The van der Waals surface area contributed by atoms with Crippen molar-refractivity contribution in [2.24, 2.45) is 0 Å². The van der Waals surface area contributed by atoms with Crippen LogP contribution in [0.25, 0.3) is 0 Å². The van der Waals surface area contributed by atoms with Crippen molar-refractivity contribution in [3.8, 4) is 0 Å². The van der Waals surface area contributed by atoms with Gasteiger partial charge in [0.15, 0.2) is 0 Å². The zero-order chi connectivity index (χ0) is 13.0. The average molecular weight is 282 g/mol. The average Bonchev–Trinajstić information content (AvgIpc) is 2.90. The van der Waals surface area contributed by atoms with Crippen LogP contribution in [0.2, 0.25) is 5.02 Å². The Kier molecular flexibility index (Phi) is 4.17. The van der Waals surface area contributed by atoms with Gasteiger partial charge >= 0.3 is 0 Å². The van der Waals surface area contributed by atoms with Crippen LogP contribution in [0.5, 0.6) is 0 Å². The summed E-state index contributed by atoms with van der Waals surface area (Å²) in [5, 5.41) is 9.22. The Balaban J connectivity index is 2.13. The quantitative estimate of drug-likeness (QED) is 0.906. The summed E-state index contributed by atoms with van der Waals surface area (Å²) in [4.78, 5) is 15.7. The van der Waals surface area contributed by atoms with E-state index in [1.165, 1.54) is 0 Å². The van der Waals surface area contributed by atoms with Gasteiger partial charge in [-0.15, -0.1) is 11.3 Å². The first-order valence-corrected chi connectivity index (χ1v) is 6.60. The molecule has 2 N–H and O–H groups in total. The zero-order valence-electron chi connectivity index (χ0n) is 9.74. The minimum Gasteiger partial charge on any atom is -0.377 e. The first-order chi connectivity index (χ1) is 8.70. The topological polar surface area (TPSA) is 54.0 Å². The molecular formula is C12H12ClN3OS. The van der Waals surface area contributed by atoms with Crippen LogP contribution in [-0.2, 0) is 6.54 Å². The molecule has 94 valence electrons. The molecule has 0 bridgehead atoms. The third kappa shape index (κ3) is 3.00. The van der Waals surface area contributed by atoms with Crippen LogP contribution in [0, 0.1) is 0 Å². The Morgan fingerprint density at radius 3 is 3.00 bits per heavy atom. The summed E-state index contributed by atoms with van der Waals surface area (Å²) in [6.07, 6.45) is 1.75. The number of carbonyl (C=O) groups excluding carboxylic acids is 1. The smallest absolute Gasteiger partial charge is 0.251 e. The lowest BCUT2D eigenvalue weighted by Gasteiger charge is -2.08. The molecule has 0 atom stereocenters. The standard InChI is InChI=1S/C12H12ClN3OS/c1-14-12(17)8-2-3-9(13)10(6-8)16-7-11-15-4-5-18-11/h2-6,16H,7H2,1H3,(H,14,17). The first-order valence-electron chi connectivity index (χ1n) is 5.34. The largest absolute Gasteiger partial charge is 0.377 e. The van der Waals surface area contributed by atoms with E-state index in [0.717, 1.165) is 10.7 Å². The van der Waals surface area contributed by atoms with Crippen LogP contribution < -0.4 is 10.6 Å². The van der Waals surface area contributed by atoms with E-state index in [9.17, 15) is 4.79 Å². The highest BCUT2D eigenvalue weighted by atomic mass is 35.5. The third-order valence-corrected chi connectivity index (χ3v) is 3.48. The van der Waals surface area contributed by atoms with E-state index in [-0.39, 0.29) is 5.91 Å². The number of aromatic nitrogens is 1. The number of rotatable bonds is 4. The van der Waals surface area contributed by atoms with Crippen molar-refractivity contribution in [2.75, 3.05) is 12.4 Å². The molecule has 1 heterocycles. The molecule has 6 heteroatoms. The molecule has 1 aromatic heterocycles. The summed E-state index contributed by atoms with van der Waals surface area (Å²) in [7, 11) is 1.60. The number of thiazole rings is 1. The molecule has 1 aromatic carbocycles. The molecule has 1 amide bonds. The van der Waals surface area contributed by atoms with Crippen LogP contribution in [0.1, 0.15) is 15.4 Å². The summed E-state index contributed by atoms with van der Waals surface area (Å²) in [5.74, 6) is -0.135. The van der Waals surface area contributed by atoms with Gasteiger partial charge in [0.1, 0.15) is 5.01 Å². The van der Waals surface area contributed by atoms with Crippen molar-refractivity contribution >= 4 is 34.5 Å². The molecular weight excluding hydrogens is 270 g/mol. The van der Waals surface area contributed by atoms with Gasteiger partial charge in [0.25, 0.3) is 5.91 Å². The maximum Gasteiger partial charge on any atom is 0.251 e. The fourth-order valence-corrected chi connectivity index (χ4v) is 2.20. The Labute approximate surface area is 114 Å². The SMILES string of the molecule is CNC(=O)c1ccc(Cl)c(NCc2nccs2)c1. The highest BCUT2D eigenvalue weighted by molar-refractivity contribution is 7.09. The number of anilines is 1. The fourth-order valence-electron chi connectivity index (χ4n) is 1.46. The number of amides is 1. The van der Waals surface area contributed by atoms with E-state index >= 15 is 0 Å². The Hall–Kier alpha value is -1.59. The van der Waals surface area contributed by atoms with Crippen LogP contribution in [0.4, 0.5) is 5.69 Å². The van der Waals surface area contributed by atoms with Gasteiger partial charge in [-0.05, 0) is 18.2 Å². The van der Waals surface area contributed by atoms with Crippen molar-refractivity contribution in [3.05, 3.63) is 45.4 Å². The van der Waals surface area contributed by atoms with Gasteiger partial charge in [-0.1, -0.05) is 11.6 Å². The fraction of sp³-hybridized carbons (Fsp3) is 0.167. The maximum atomic E-state index is 11.5. The minimum atomic E-state index is -0.135. The van der Waals surface area contributed by atoms with E-state index in [1.54, 1.807) is 42.8 Å². The van der Waals surface area contributed by atoms with Crippen LogP contribution >= 0.6 is 22.9 Å². The van der Waals surface area contributed by atoms with E-state index < -0.39 is 0 Å². The van der Waals surface area contributed by atoms with Gasteiger partial charge in [-0.25, -0.2) is 4.98 Å². The van der Waals surface area contributed by atoms with Crippen LogP contribution in [0.15, 0.2) is 29.8 Å². The van der Waals surface area contributed by atoms with Gasteiger partial charge < -0.3 is 10.6 Å². The molecule has 0 saturated carbocycles. The molecule has 4 nitrogen and oxygen atoms in total. The monoisotopic (exact) mass is 281 g/mol. The molecule has 0 aliphatic rings. The second kappa shape index (κ2) is 5.84. The first kappa shape index (κ1) is 12.9. The molecule has 0 saturated heterocycles. The number of nitrogens with zero attached hydrogens (tertiary/aromatic N) is 1. The van der Waals surface area contributed by atoms with Crippen LogP contribution in [-0.4, -0.2) is 17.9 Å². The van der Waals surface area contributed by atoms with Crippen molar-refractivity contribution in [2.45, 2.75) is 6.54 Å². The molecule has 0 aliphatic heterocycles. The van der Waals surface area contributed by atoms with Crippen LogP contribution in [0.3, 0.4) is 0 Å². The summed E-state index contributed by atoms with van der Waals surface area (Å²) in [6, 6.07) is 5.13. The van der Waals surface area contributed by atoms with Gasteiger partial charge in [0.2, 0.25) is 0 Å². The lowest BCUT2D eigenvalue weighted by atomic mass is 10.2.